The predicted octanol–water partition coefficient (Wildman–Crippen LogP) is 8.78. The van der Waals surface area contributed by atoms with Crippen molar-refractivity contribution in [3.8, 4) is 0 Å². The summed E-state index contributed by atoms with van der Waals surface area (Å²) in [6.45, 7) is 24.2. The maximum Gasteiger partial charge on any atom is 0.223 e. The van der Waals surface area contributed by atoms with Crippen LogP contribution in [0.2, 0.25) is 0 Å². The average Bonchev–Trinajstić information content (AvgIpc) is 2.76. The molecule has 0 saturated carbocycles. The SMILES string of the molecule is CCCCCC(C1CC(C)(C)NC(C)(C)C1)C(CCC)C(=O)NCCCCCCC1CC(C)(C)NC(C)(C)C1. The van der Waals surface area contributed by atoms with E-state index in [-0.39, 0.29) is 28.1 Å². The Kier molecular flexibility index (Phi) is 13.3. The third-order valence-corrected chi connectivity index (χ3v) is 9.53. The molecule has 0 aromatic carbocycles. The molecular weight excluding hydrogens is 478 g/mol. The van der Waals surface area contributed by atoms with Crippen LogP contribution in [-0.4, -0.2) is 34.6 Å². The molecule has 0 radical (unpaired) electrons. The molecule has 2 unspecified atom stereocenters. The van der Waals surface area contributed by atoms with Crippen molar-refractivity contribution in [2.24, 2.45) is 23.7 Å². The molecule has 0 aliphatic carbocycles. The predicted molar refractivity (Wildman–Crippen MR) is 170 cm³/mol. The minimum absolute atomic E-state index is 0.127. The Hall–Kier alpha value is -0.610. The van der Waals surface area contributed by atoms with E-state index in [1.807, 2.05) is 0 Å². The molecule has 2 aliphatic rings. The number of rotatable bonds is 16. The van der Waals surface area contributed by atoms with E-state index in [2.05, 4.69) is 85.2 Å². The molecule has 230 valence electrons. The third kappa shape index (κ3) is 12.4. The largest absolute Gasteiger partial charge is 0.356 e. The summed E-state index contributed by atoms with van der Waals surface area (Å²) in [4.78, 5) is 13.7. The van der Waals surface area contributed by atoms with Crippen LogP contribution in [0.3, 0.4) is 0 Å². The van der Waals surface area contributed by atoms with E-state index in [1.54, 1.807) is 0 Å². The molecule has 0 aromatic heterocycles. The van der Waals surface area contributed by atoms with Crippen molar-refractivity contribution in [3.63, 3.8) is 0 Å². The summed E-state index contributed by atoms with van der Waals surface area (Å²) in [5.41, 5.74) is 0.754. The van der Waals surface area contributed by atoms with Crippen LogP contribution in [0.1, 0.15) is 166 Å². The van der Waals surface area contributed by atoms with Gasteiger partial charge in [-0.1, -0.05) is 65.2 Å². The third-order valence-electron chi connectivity index (χ3n) is 9.53. The van der Waals surface area contributed by atoms with Gasteiger partial charge in [0.2, 0.25) is 5.91 Å². The molecule has 2 fully saturated rings. The summed E-state index contributed by atoms with van der Waals surface area (Å²) < 4.78 is 0. The number of unbranched alkanes of at least 4 members (excludes halogenated alkanes) is 5. The topological polar surface area (TPSA) is 53.2 Å². The first-order valence-corrected chi connectivity index (χ1v) is 16.9. The molecule has 4 nitrogen and oxygen atoms in total. The molecule has 3 N–H and O–H groups in total. The Balaban J connectivity index is 1.86. The lowest BCUT2D eigenvalue weighted by Gasteiger charge is -2.50. The van der Waals surface area contributed by atoms with Gasteiger partial charge >= 0.3 is 0 Å². The van der Waals surface area contributed by atoms with Gasteiger partial charge in [-0.15, -0.1) is 0 Å². The van der Waals surface area contributed by atoms with Crippen molar-refractivity contribution in [3.05, 3.63) is 0 Å². The van der Waals surface area contributed by atoms with E-state index < -0.39 is 0 Å². The van der Waals surface area contributed by atoms with Crippen LogP contribution < -0.4 is 16.0 Å². The lowest BCUT2D eigenvalue weighted by Crippen LogP contribution is -2.59. The summed E-state index contributed by atoms with van der Waals surface area (Å²) in [6.07, 6.45) is 18.3. The lowest BCUT2D eigenvalue weighted by molar-refractivity contribution is -0.128. The lowest BCUT2D eigenvalue weighted by atomic mass is 9.65. The van der Waals surface area contributed by atoms with Gasteiger partial charge in [-0.05, 0) is 118 Å². The van der Waals surface area contributed by atoms with Crippen molar-refractivity contribution >= 4 is 5.91 Å². The van der Waals surface area contributed by atoms with Gasteiger partial charge in [0, 0.05) is 34.6 Å². The molecular formula is C35H69N3O. The molecule has 39 heavy (non-hydrogen) atoms. The summed E-state index contributed by atoms with van der Waals surface area (Å²) in [7, 11) is 0. The van der Waals surface area contributed by atoms with Gasteiger partial charge in [-0.3, -0.25) is 4.79 Å². The zero-order chi connectivity index (χ0) is 29.3. The molecule has 1 amide bonds. The normalized spacial score (nSPS) is 24.3. The monoisotopic (exact) mass is 548 g/mol. The summed E-state index contributed by atoms with van der Waals surface area (Å²) >= 11 is 0. The van der Waals surface area contributed by atoms with Crippen molar-refractivity contribution in [1.82, 2.24) is 16.0 Å². The van der Waals surface area contributed by atoms with Crippen LogP contribution in [-0.2, 0) is 4.79 Å². The highest BCUT2D eigenvalue weighted by Crippen LogP contribution is 2.43. The Morgan fingerprint density at radius 1 is 0.692 bits per heavy atom. The first-order chi connectivity index (χ1) is 18.1. The van der Waals surface area contributed by atoms with Crippen molar-refractivity contribution in [2.75, 3.05) is 6.54 Å². The van der Waals surface area contributed by atoms with Gasteiger partial charge in [0.1, 0.15) is 0 Å². The molecule has 2 rings (SSSR count). The van der Waals surface area contributed by atoms with Gasteiger partial charge in [0.15, 0.2) is 0 Å². The van der Waals surface area contributed by atoms with Crippen LogP contribution in [0.5, 0.6) is 0 Å². The molecule has 0 spiro atoms. The van der Waals surface area contributed by atoms with E-state index in [4.69, 9.17) is 0 Å². The van der Waals surface area contributed by atoms with Crippen LogP contribution in [0, 0.1) is 23.7 Å². The molecule has 2 saturated heterocycles. The minimum atomic E-state index is 0.127. The van der Waals surface area contributed by atoms with Crippen molar-refractivity contribution < 1.29 is 4.79 Å². The van der Waals surface area contributed by atoms with Gasteiger partial charge in [-0.25, -0.2) is 0 Å². The standard InChI is InChI=1S/C35H69N3O/c1-11-13-16-21-29(28-25-34(7,8)38-35(9,10)26-28)30(19-12-2)31(39)36-22-18-15-14-17-20-27-23-32(3,4)37-33(5,6)24-27/h27-30,37-38H,11-26H2,1-10H3,(H,36,39). The smallest absolute Gasteiger partial charge is 0.223 e. The Bertz CT molecular complexity index is 693. The first-order valence-electron chi connectivity index (χ1n) is 16.9. The van der Waals surface area contributed by atoms with Crippen LogP contribution >= 0.6 is 0 Å². The van der Waals surface area contributed by atoms with Gasteiger partial charge in [0.05, 0.1) is 0 Å². The van der Waals surface area contributed by atoms with E-state index in [1.165, 1.54) is 77.0 Å². The minimum Gasteiger partial charge on any atom is -0.356 e. The average molecular weight is 548 g/mol. The number of nitrogens with one attached hydrogen (secondary N) is 3. The van der Waals surface area contributed by atoms with E-state index in [9.17, 15) is 4.79 Å². The zero-order valence-corrected chi connectivity index (χ0v) is 28.0. The maximum atomic E-state index is 13.7. The fourth-order valence-electron chi connectivity index (χ4n) is 8.94. The highest BCUT2D eigenvalue weighted by molar-refractivity contribution is 5.79. The summed E-state index contributed by atoms with van der Waals surface area (Å²) in [6, 6.07) is 0. The number of hydrogen-bond acceptors (Lipinski definition) is 3. The summed E-state index contributed by atoms with van der Waals surface area (Å²) in [5.74, 6) is 2.44. The Morgan fingerprint density at radius 3 is 1.77 bits per heavy atom. The fraction of sp³-hybridized carbons (Fsp3) is 0.971. The van der Waals surface area contributed by atoms with Crippen molar-refractivity contribution in [1.29, 1.82) is 0 Å². The number of carbonyl (C=O) groups excluding carboxylic acids is 1. The second-order valence-electron chi connectivity index (χ2n) is 16.3. The first kappa shape index (κ1) is 34.6. The Labute approximate surface area is 244 Å². The highest BCUT2D eigenvalue weighted by atomic mass is 16.1. The molecule has 4 heteroatoms. The second kappa shape index (κ2) is 15.0. The van der Waals surface area contributed by atoms with Gasteiger partial charge in [0.25, 0.3) is 0 Å². The van der Waals surface area contributed by atoms with Crippen LogP contribution in [0.25, 0.3) is 0 Å². The zero-order valence-electron chi connectivity index (χ0n) is 28.0. The maximum absolute atomic E-state index is 13.7. The Morgan fingerprint density at radius 2 is 1.23 bits per heavy atom. The number of hydrogen-bond donors (Lipinski definition) is 3. The van der Waals surface area contributed by atoms with Crippen LogP contribution in [0.4, 0.5) is 0 Å². The van der Waals surface area contributed by atoms with E-state index in [0.29, 0.717) is 17.7 Å². The summed E-state index contributed by atoms with van der Waals surface area (Å²) in [5, 5.41) is 11.1. The number of piperidine rings is 2. The quantitative estimate of drug-likeness (QED) is 0.169. The van der Waals surface area contributed by atoms with Crippen molar-refractivity contribution in [2.45, 2.75) is 188 Å². The highest BCUT2D eigenvalue weighted by Gasteiger charge is 2.43. The van der Waals surface area contributed by atoms with E-state index in [0.717, 1.165) is 31.7 Å². The molecule has 0 bridgehead atoms. The molecule has 2 heterocycles. The molecule has 0 aromatic rings. The van der Waals surface area contributed by atoms with E-state index >= 15 is 0 Å². The molecule has 2 atom stereocenters. The second-order valence-corrected chi connectivity index (χ2v) is 16.3. The number of carbonyl (C=O) groups is 1. The van der Waals surface area contributed by atoms with Gasteiger partial charge < -0.3 is 16.0 Å². The molecule has 2 aliphatic heterocycles. The fourth-order valence-corrected chi connectivity index (χ4v) is 8.94. The number of amides is 1. The van der Waals surface area contributed by atoms with Gasteiger partial charge in [-0.2, -0.15) is 0 Å². The van der Waals surface area contributed by atoms with Crippen LogP contribution in [0.15, 0.2) is 0 Å².